The van der Waals surface area contributed by atoms with Crippen LogP contribution in [0.5, 0.6) is 0 Å². The van der Waals surface area contributed by atoms with Gasteiger partial charge in [0.05, 0.1) is 18.8 Å². The Hall–Kier alpha value is -1.42. The molecule has 1 aromatic rings. The lowest BCUT2D eigenvalue weighted by Gasteiger charge is -2.37. The van der Waals surface area contributed by atoms with Crippen molar-refractivity contribution in [2.24, 2.45) is 4.99 Å². The van der Waals surface area contributed by atoms with Gasteiger partial charge in [0.25, 0.3) is 0 Å². The van der Waals surface area contributed by atoms with E-state index in [0.717, 1.165) is 70.3 Å². The van der Waals surface area contributed by atoms with E-state index in [4.69, 9.17) is 4.99 Å². The molecule has 0 unspecified atom stereocenters. The molecule has 2 fully saturated rings. The van der Waals surface area contributed by atoms with Crippen LogP contribution in [0.25, 0.3) is 0 Å². The molecular weight excluding hydrogens is 491 g/mol. The quantitative estimate of drug-likeness (QED) is 0.362. The van der Waals surface area contributed by atoms with Crippen molar-refractivity contribution < 1.29 is 4.79 Å². The molecule has 1 amide bonds. The zero-order valence-electron chi connectivity index (χ0n) is 18.5. The summed E-state index contributed by atoms with van der Waals surface area (Å²) < 4.78 is 0. The summed E-state index contributed by atoms with van der Waals surface area (Å²) in [6, 6.07) is 4.03. The van der Waals surface area contributed by atoms with Gasteiger partial charge in [-0.1, -0.05) is 18.9 Å². The summed E-state index contributed by atoms with van der Waals surface area (Å²) in [5, 5.41) is 3.41. The van der Waals surface area contributed by atoms with Crippen LogP contribution < -0.4 is 5.32 Å². The SMILES string of the molecule is CCNC(=NCc1ncccc1C)N1CCN(CC(=O)N2CCCCCC2)CC1.I. The minimum atomic E-state index is 0. The number of rotatable bonds is 5. The predicted octanol–water partition coefficient (Wildman–Crippen LogP) is 2.49. The van der Waals surface area contributed by atoms with Crippen LogP contribution in [0.15, 0.2) is 23.3 Å². The first-order valence-corrected chi connectivity index (χ1v) is 11.1. The van der Waals surface area contributed by atoms with Crippen LogP contribution in [0.1, 0.15) is 43.9 Å². The minimum Gasteiger partial charge on any atom is -0.357 e. The normalized spacial score (nSPS) is 18.5. The third-order valence-corrected chi connectivity index (χ3v) is 5.82. The smallest absolute Gasteiger partial charge is 0.236 e. The number of hydrogen-bond acceptors (Lipinski definition) is 4. The van der Waals surface area contributed by atoms with Crippen LogP contribution in [-0.2, 0) is 11.3 Å². The molecule has 30 heavy (non-hydrogen) atoms. The zero-order valence-corrected chi connectivity index (χ0v) is 20.8. The van der Waals surface area contributed by atoms with E-state index in [2.05, 4.69) is 44.9 Å². The van der Waals surface area contributed by atoms with Gasteiger partial charge < -0.3 is 15.1 Å². The Kier molecular flexibility index (Phi) is 10.8. The predicted molar refractivity (Wildman–Crippen MR) is 132 cm³/mol. The summed E-state index contributed by atoms with van der Waals surface area (Å²) in [6.07, 6.45) is 6.64. The maximum atomic E-state index is 12.7. The number of carbonyl (C=O) groups is 1. The molecule has 2 aliphatic rings. The molecule has 2 aliphatic heterocycles. The van der Waals surface area contributed by atoms with Crippen molar-refractivity contribution in [1.82, 2.24) is 25.0 Å². The van der Waals surface area contributed by atoms with Gasteiger partial charge in [0.2, 0.25) is 5.91 Å². The number of piperazine rings is 1. The molecule has 168 valence electrons. The highest BCUT2D eigenvalue weighted by molar-refractivity contribution is 14.0. The number of nitrogens with one attached hydrogen (secondary N) is 1. The molecule has 0 saturated carbocycles. The maximum Gasteiger partial charge on any atom is 0.236 e. The van der Waals surface area contributed by atoms with Crippen molar-refractivity contribution >= 4 is 35.8 Å². The van der Waals surface area contributed by atoms with Crippen molar-refractivity contribution in [2.75, 3.05) is 52.4 Å². The number of aliphatic imine (C=N–C) groups is 1. The Morgan fingerprint density at radius 1 is 1.07 bits per heavy atom. The topological polar surface area (TPSA) is 64.1 Å². The summed E-state index contributed by atoms with van der Waals surface area (Å²) >= 11 is 0. The fraction of sp³-hybridized carbons (Fsp3) is 0.682. The molecule has 0 aliphatic carbocycles. The standard InChI is InChI=1S/C22H36N6O.HI/c1-3-23-22(25-17-20-19(2)9-8-10-24-20)28-15-13-26(14-16-28)18-21(29)27-11-6-4-5-7-12-27;/h8-10H,3-7,11-18H2,1-2H3,(H,23,25);1H. The van der Waals surface area contributed by atoms with E-state index in [9.17, 15) is 4.79 Å². The number of halogens is 1. The summed E-state index contributed by atoms with van der Waals surface area (Å²) in [5.41, 5.74) is 2.19. The lowest BCUT2D eigenvalue weighted by atomic mass is 10.2. The van der Waals surface area contributed by atoms with Gasteiger partial charge in [0.1, 0.15) is 0 Å². The number of hydrogen-bond donors (Lipinski definition) is 1. The first-order valence-electron chi connectivity index (χ1n) is 11.1. The van der Waals surface area contributed by atoms with Gasteiger partial charge in [-0.15, -0.1) is 24.0 Å². The molecule has 3 heterocycles. The van der Waals surface area contributed by atoms with Crippen molar-refractivity contribution in [3.63, 3.8) is 0 Å². The van der Waals surface area contributed by atoms with Gasteiger partial charge in [-0.2, -0.15) is 0 Å². The number of amides is 1. The Morgan fingerprint density at radius 3 is 2.40 bits per heavy atom. The lowest BCUT2D eigenvalue weighted by molar-refractivity contribution is -0.132. The van der Waals surface area contributed by atoms with Crippen LogP contribution in [0.3, 0.4) is 0 Å². The van der Waals surface area contributed by atoms with Crippen LogP contribution >= 0.6 is 24.0 Å². The minimum absolute atomic E-state index is 0. The van der Waals surface area contributed by atoms with Crippen LogP contribution in [0.4, 0.5) is 0 Å². The van der Waals surface area contributed by atoms with E-state index in [1.165, 1.54) is 18.4 Å². The molecular formula is C22H37IN6O. The highest BCUT2D eigenvalue weighted by Crippen LogP contribution is 2.11. The van der Waals surface area contributed by atoms with Crippen LogP contribution in [-0.4, -0.2) is 83.9 Å². The molecule has 3 rings (SSSR count). The first kappa shape index (κ1) is 24.8. The van der Waals surface area contributed by atoms with Crippen molar-refractivity contribution in [1.29, 1.82) is 0 Å². The molecule has 2 saturated heterocycles. The van der Waals surface area contributed by atoms with Gasteiger partial charge >= 0.3 is 0 Å². The van der Waals surface area contributed by atoms with E-state index < -0.39 is 0 Å². The molecule has 0 aromatic carbocycles. The largest absolute Gasteiger partial charge is 0.357 e. The van der Waals surface area contributed by atoms with Crippen molar-refractivity contribution in [2.45, 2.75) is 46.1 Å². The summed E-state index contributed by atoms with van der Waals surface area (Å²) in [6.45, 7) is 11.6. The average molecular weight is 528 g/mol. The second kappa shape index (κ2) is 13.1. The number of guanidine groups is 1. The molecule has 1 aromatic heterocycles. The third-order valence-electron chi connectivity index (χ3n) is 5.82. The molecule has 1 N–H and O–H groups in total. The molecule has 0 bridgehead atoms. The first-order chi connectivity index (χ1) is 14.2. The van der Waals surface area contributed by atoms with E-state index in [0.29, 0.717) is 19.0 Å². The molecule has 0 atom stereocenters. The number of likely N-dealkylation sites (tertiary alicyclic amines) is 1. The second-order valence-electron chi connectivity index (χ2n) is 8.00. The Morgan fingerprint density at radius 2 is 1.77 bits per heavy atom. The molecule has 0 radical (unpaired) electrons. The fourth-order valence-corrected chi connectivity index (χ4v) is 3.99. The summed E-state index contributed by atoms with van der Waals surface area (Å²) in [4.78, 5) is 28.6. The average Bonchev–Trinajstić information content (AvgIpc) is 3.02. The van der Waals surface area contributed by atoms with E-state index in [1.807, 2.05) is 12.3 Å². The second-order valence-corrected chi connectivity index (χ2v) is 8.00. The maximum absolute atomic E-state index is 12.7. The van der Waals surface area contributed by atoms with Gasteiger partial charge in [-0.05, 0) is 38.3 Å². The lowest BCUT2D eigenvalue weighted by Crippen LogP contribution is -2.54. The Balaban J connectivity index is 0.00000320. The fourth-order valence-electron chi connectivity index (χ4n) is 3.99. The summed E-state index contributed by atoms with van der Waals surface area (Å²) in [5.74, 6) is 1.24. The highest BCUT2D eigenvalue weighted by Gasteiger charge is 2.23. The summed E-state index contributed by atoms with van der Waals surface area (Å²) in [7, 11) is 0. The number of aromatic nitrogens is 1. The number of carbonyl (C=O) groups excluding carboxylic acids is 1. The van der Waals surface area contributed by atoms with Crippen molar-refractivity contribution in [3.05, 3.63) is 29.6 Å². The number of nitrogens with zero attached hydrogens (tertiary/aromatic N) is 5. The van der Waals surface area contributed by atoms with Crippen molar-refractivity contribution in [3.8, 4) is 0 Å². The Bertz CT molecular complexity index is 682. The highest BCUT2D eigenvalue weighted by atomic mass is 127. The molecule has 7 nitrogen and oxygen atoms in total. The monoisotopic (exact) mass is 528 g/mol. The molecule has 8 heteroatoms. The van der Waals surface area contributed by atoms with Crippen LogP contribution in [0.2, 0.25) is 0 Å². The van der Waals surface area contributed by atoms with Crippen LogP contribution in [0, 0.1) is 6.92 Å². The third kappa shape index (κ3) is 7.37. The van der Waals surface area contributed by atoms with Gasteiger partial charge in [0, 0.05) is 52.0 Å². The number of pyridine rings is 1. The number of aryl methyl sites for hydroxylation is 1. The van der Waals surface area contributed by atoms with E-state index in [-0.39, 0.29) is 24.0 Å². The van der Waals surface area contributed by atoms with E-state index in [1.54, 1.807) is 0 Å². The Labute approximate surface area is 198 Å². The van der Waals surface area contributed by atoms with Gasteiger partial charge in [-0.3, -0.25) is 14.7 Å². The zero-order chi connectivity index (χ0) is 20.5. The van der Waals surface area contributed by atoms with Gasteiger partial charge in [0.15, 0.2) is 5.96 Å². The van der Waals surface area contributed by atoms with Gasteiger partial charge in [-0.25, -0.2) is 4.99 Å². The van der Waals surface area contributed by atoms with E-state index >= 15 is 0 Å². The molecule has 0 spiro atoms.